The highest BCUT2D eigenvalue weighted by Crippen LogP contribution is 2.29. The molecule has 0 aliphatic heterocycles. The van der Waals surface area contributed by atoms with E-state index in [0.29, 0.717) is 0 Å². The van der Waals surface area contributed by atoms with Gasteiger partial charge in [-0.05, 0) is 37.1 Å². The molecule has 6 heteroatoms. The Morgan fingerprint density at radius 1 is 0.625 bits per heavy atom. The quantitative estimate of drug-likeness (QED) is 0.561. The van der Waals surface area contributed by atoms with Gasteiger partial charge in [0.25, 0.3) is 0 Å². The maximum absolute atomic E-state index is 4.67. The van der Waals surface area contributed by atoms with E-state index in [1.807, 2.05) is 58.1 Å². The second-order valence-electron chi connectivity index (χ2n) is 5.97. The summed E-state index contributed by atoms with van der Waals surface area (Å²) in [6.45, 7) is 4.31. The summed E-state index contributed by atoms with van der Waals surface area (Å²) in [6.07, 6.45) is 1.83. The van der Waals surface area contributed by atoms with Gasteiger partial charge in [-0.3, -0.25) is 0 Å². The fourth-order valence-corrected chi connectivity index (χ4v) is 3.23. The van der Waals surface area contributed by atoms with Crippen LogP contribution in [-0.2, 0) is 0 Å². The maximum Gasteiger partial charge on any atom is 0.113 e. The van der Waals surface area contributed by atoms with E-state index in [9.17, 15) is 0 Å². The average molecular weight is 320 g/mol. The molecule has 2 heterocycles. The molecule has 2 unspecified atom stereocenters. The minimum absolute atomic E-state index is 0.115. The van der Waals surface area contributed by atoms with Crippen LogP contribution in [0.25, 0.3) is 22.1 Å². The van der Waals surface area contributed by atoms with Crippen molar-refractivity contribution in [3.8, 4) is 0 Å². The average Bonchev–Trinajstić information content (AvgIpc) is 3.22. The molecule has 0 radical (unpaired) electrons. The topological polar surface area (TPSA) is 61.4 Å². The van der Waals surface area contributed by atoms with Crippen LogP contribution in [0.15, 0.2) is 48.5 Å². The van der Waals surface area contributed by atoms with Crippen LogP contribution >= 0.6 is 0 Å². The van der Waals surface area contributed by atoms with Crippen LogP contribution < -0.4 is 0 Å². The van der Waals surface area contributed by atoms with Crippen LogP contribution in [-0.4, -0.2) is 30.0 Å². The summed E-state index contributed by atoms with van der Waals surface area (Å²) in [4.78, 5) is 3.68. The van der Waals surface area contributed by atoms with Gasteiger partial charge in [-0.1, -0.05) is 38.1 Å². The third-order valence-corrected chi connectivity index (χ3v) is 4.48. The highest BCUT2D eigenvalue weighted by atomic mass is 15.5. The molecule has 4 rings (SSSR count). The predicted molar refractivity (Wildman–Crippen MR) is 93.7 cm³/mol. The first kappa shape index (κ1) is 14.8. The van der Waals surface area contributed by atoms with Gasteiger partial charge in [0.15, 0.2) is 0 Å². The zero-order valence-corrected chi connectivity index (χ0v) is 13.9. The summed E-state index contributed by atoms with van der Waals surface area (Å²) in [7, 11) is 0. The van der Waals surface area contributed by atoms with Gasteiger partial charge in [0.2, 0.25) is 0 Å². The second-order valence-corrected chi connectivity index (χ2v) is 5.97. The normalized spacial score (nSPS) is 14.2. The zero-order valence-electron chi connectivity index (χ0n) is 13.9. The standard InChI is InChI=1S/C18H20N6/c1-3-17(23-19-13-9-5-6-10-14(13)20-23)18(4-2)24-21-15-11-7-8-12-16(15)22-24/h5-12,17-18H,3-4H2,1-2H3. The van der Waals surface area contributed by atoms with Crippen molar-refractivity contribution in [1.29, 1.82) is 0 Å². The molecule has 0 fully saturated rings. The van der Waals surface area contributed by atoms with Crippen LogP contribution in [0.3, 0.4) is 0 Å². The summed E-state index contributed by atoms with van der Waals surface area (Å²) >= 11 is 0. The lowest BCUT2D eigenvalue weighted by Gasteiger charge is -2.23. The predicted octanol–water partition coefficient (Wildman–Crippen LogP) is 3.78. The summed E-state index contributed by atoms with van der Waals surface area (Å²) in [5, 5.41) is 18.7. The van der Waals surface area contributed by atoms with Gasteiger partial charge >= 0.3 is 0 Å². The Hall–Kier alpha value is -2.76. The molecule has 2 aromatic heterocycles. The molecule has 0 saturated carbocycles. The van der Waals surface area contributed by atoms with Crippen LogP contribution in [0.4, 0.5) is 0 Å². The van der Waals surface area contributed by atoms with Crippen molar-refractivity contribution >= 4 is 22.1 Å². The van der Waals surface area contributed by atoms with Gasteiger partial charge in [0, 0.05) is 0 Å². The smallest absolute Gasteiger partial charge is 0.113 e. The third kappa shape index (κ3) is 2.44. The largest absolute Gasteiger partial charge is 0.178 e. The molecule has 4 aromatic rings. The first-order chi connectivity index (χ1) is 11.8. The molecule has 2 aromatic carbocycles. The van der Waals surface area contributed by atoms with Gasteiger partial charge < -0.3 is 0 Å². The number of rotatable bonds is 5. The minimum atomic E-state index is 0.115. The lowest BCUT2D eigenvalue weighted by molar-refractivity contribution is 0.232. The Morgan fingerprint density at radius 3 is 1.17 bits per heavy atom. The van der Waals surface area contributed by atoms with Crippen molar-refractivity contribution < 1.29 is 0 Å². The van der Waals surface area contributed by atoms with Crippen LogP contribution in [0.2, 0.25) is 0 Å². The maximum atomic E-state index is 4.67. The molecule has 0 bridgehead atoms. The van der Waals surface area contributed by atoms with Crippen molar-refractivity contribution in [2.45, 2.75) is 38.8 Å². The minimum Gasteiger partial charge on any atom is -0.178 e. The first-order valence-corrected chi connectivity index (χ1v) is 8.43. The van der Waals surface area contributed by atoms with E-state index in [1.54, 1.807) is 0 Å². The highest BCUT2D eigenvalue weighted by Gasteiger charge is 2.26. The number of fused-ring (bicyclic) bond motifs is 2. The SMILES string of the molecule is CCC(C(CC)n1nc2ccccc2n1)n1nc2ccccc2n1. The molecule has 0 amide bonds. The van der Waals surface area contributed by atoms with Gasteiger partial charge in [0.1, 0.15) is 22.1 Å². The van der Waals surface area contributed by atoms with E-state index in [2.05, 4.69) is 34.2 Å². The van der Waals surface area contributed by atoms with Crippen molar-refractivity contribution in [2.75, 3.05) is 0 Å². The van der Waals surface area contributed by atoms with Crippen molar-refractivity contribution in [2.24, 2.45) is 0 Å². The summed E-state index contributed by atoms with van der Waals surface area (Å²) < 4.78 is 0. The van der Waals surface area contributed by atoms with Crippen molar-refractivity contribution in [3.63, 3.8) is 0 Å². The molecule has 0 aliphatic carbocycles. The molecule has 0 aliphatic rings. The van der Waals surface area contributed by atoms with Gasteiger partial charge in [-0.2, -0.15) is 30.0 Å². The van der Waals surface area contributed by atoms with E-state index in [4.69, 9.17) is 0 Å². The van der Waals surface area contributed by atoms with Crippen LogP contribution in [0.1, 0.15) is 38.8 Å². The van der Waals surface area contributed by atoms with Gasteiger partial charge in [-0.25, -0.2) is 0 Å². The summed E-state index contributed by atoms with van der Waals surface area (Å²) in [6, 6.07) is 16.2. The summed E-state index contributed by atoms with van der Waals surface area (Å²) in [5.74, 6) is 0. The van der Waals surface area contributed by atoms with Crippen molar-refractivity contribution in [1.82, 2.24) is 30.0 Å². The molecule has 2 atom stereocenters. The summed E-state index contributed by atoms with van der Waals surface area (Å²) in [5.41, 5.74) is 3.68. The van der Waals surface area contributed by atoms with Crippen LogP contribution in [0.5, 0.6) is 0 Å². The Kier molecular flexibility index (Phi) is 3.72. The monoisotopic (exact) mass is 320 g/mol. The third-order valence-electron chi connectivity index (χ3n) is 4.48. The highest BCUT2D eigenvalue weighted by molar-refractivity contribution is 5.73. The fourth-order valence-electron chi connectivity index (χ4n) is 3.23. The van der Waals surface area contributed by atoms with E-state index in [1.165, 1.54) is 0 Å². The zero-order chi connectivity index (χ0) is 16.5. The Morgan fingerprint density at radius 2 is 0.917 bits per heavy atom. The molecular weight excluding hydrogens is 300 g/mol. The Balaban J connectivity index is 1.76. The molecule has 6 nitrogen and oxygen atoms in total. The Bertz CT molecular complexity index is 824. The lowest BCUT2D eigenvalue weighted by atomic mass is 10.0. The van der Waals surface area contributed by atoms with E-state index < -0.39 is 0 Å². The molecule has 0 saturated heterocycles. The fraction of sp³-hybridized carbons (Fsp3) is 0.333. The first-order valence-electron chi connectivity index (χ1n) is 8.43. The second kappa shape index (κ2) is 6.03. The molecule has 0 N–H and O–H groups in total. The molecule has 24 heavy (non-hydrogen) atoms. The molecule has 122 valence electrons. The number of aromatic nitrogens is 6. The van der Waals surface area contributed by atoms with E-state index in [0.717, 1.165) is 34.9 Å². The van der Waals surface area contributed by atoms with E-state index in [-0.39, 0.29) is 12.1 Å². The molecular formula is C18H20N6. The Labute approximate surface area is 140 Å². The lowest BCUT2D eigenvalue weighted by Crippen LogP contribution is -2.25. The van der Waals surface area contributed by atoms with Gasteiger partial charge in [0.05, 0.1) is 12.1 Å². The van der Waals surface area contributed by atoms with E-state index >= 15 is 0 Å². The van der Waals surface area contributed by atoms with Crippen molar-refractivity contribution in [3.05, 3.63) is 48.5 Å². The number of nitrogens with zero attached hydrogens (tertiary/aromatic N) is 6. The van der Waals surface area contributed by atoms with Gasteiger partial charge in [-0.15, -0.1) is 0 Å². The number of hydrogen-bond acceptors (Lipinski definition) is 4. The number of benzene rings is 2. The number of hydrogen-bond donors (Lipinski definition) is 0. The molecule has 0 spiro atoms. The van der Waals surface area contributed by atoms with Crippen LogP contribution in [0, 0.1) is 0 Å².